The summed E-state index contributed by atoms with van der Waals surface area (Å²) in [5.41, 5.74) is 2.31. The van der Waals surface area contributed by atoms with Crippen LogP contribution in [-0.4, -0.2) is 25.2 Å². The van der Waals surface area contributed by atoms with Gasteiger partial charge in [-0.2, -0.15) is 0 Å². The van der Waals surface area contributed by atoms with Crippen molar-refractivity contribution in [2.45, 2.75) is 20.8 Å². The zero-order chi connectivity index (χ0) is 17.9. The molecule has 0 spiro atoms. The number of hydrogen-bond donors (Lipinski definition) is 0. The predicted octanol–water partition coefficient (Wildman–Crippen LogP) is 4.64. The van der Waals surface area contributed by atoms with E-state index in [1.54, 1.807) is 32.0 Å². The van der Waals surface area contributed by atoms with E-state index in [1.165, 1.54) is 0 Å². The summed E-state index contributed by atoms with van der Waals surface area (Å²) in [7, 11) is 0. The Labute approximate surface area is 156 Å². The van der Waals surface area contributed by atoms with Gasteiger partial charge in [0.1, 0.15) is 0 Å². The van der Waals surface area contributed by atoms with E-state index in [2.05, 4.69) is 22.6 Å². The highest BCUT2D eigenvalue weighted by Gasteiger charge is 2.05. The van der Waals surface area contributed by atoms with Crippen LogP contribution in [0.1, 0.15) is 40.1 Å². The van der Waals surface area contributed by atoms with Crippen molar-refractivity contribution in [3.8, 4) is 0 Å². The molecule has 0 radical (unpaired) electrons. The van der Waals surface area contributed by atoms with Gasteiger partial charge in [-0.25, -0.2) is 9.59 Å². The highest BCUT2D eigenvalue weighted by atomic mass is 127. The third-order valence-corrected chi connectivity index (χ3v) is 3.54. The van der Waals surface area contributed by atoms with Gasteiger partial charge < -0.3 is 9.47 Å². The number of benzene rings is 2. The highest BCUT2D eigenvalue weighted by Crippen LogP contribution is 2.08. The van der Waals surface area contributed by atoms with Crippen LogP contribution in [-0.2, 0) is 9.47 Å². The van der Waals surface area contributed by atoms with Gasteiger partial charge >= 0.3 is 11.9 Å². The van der Waals surface area contributed by atoms with Gasteiger partial charge in [0, 0.05) is 3.57 Å². The maximum atomic E-state index is 11.2. The highest BCUT2D eigenvalue weighted by molar-refractivity contribution is 14.1. The summed E-state index contributed by atoms with van der Waals surface area (Å²) in [6.45, 7) is 6.39. The average Bonchev–Trinajstić information content (AvgIpc) is 2.56. The van der Waals surface area contributed by atoms with Gasteiger partial charge in [-0.1, -0.05) is 23.8 Å². The molecule has 128 valence electrons. The predicted molar refractivity (Wildman–Crippen MR) is 102 cm³/mol. The van der Waals surface area contributed by atoms with Crippen LogP contribution in [0.15, 0.2) is 48.5 Å². The topological polar surface area (TPSA) is 52.6 Å². The molecule has 0 unspecified atom stereocenters. The molecule has 2 aromatic rings. The fraction of sp³-hybridized carbons (Fsp3) is 0.263. The van der Waals surface area contributed by atoms with Gasteiger partial charge in [-0.3, -0.25) is 0 Å². The molecule has 0 heterocycles. The van der Waals surface area contributed by atoms with E-state index in [1.807, 2.05) is 37.3 Å². The molecular weight excluding hydrogens is 419 g/mol. The van der Waals surface area contributed by atoms with Crippen molar-refractivity contribution in [3.05, 3.63) is 68.8 Å². The van der Waals surface area contributed by atoms with Gasteiger partial charge in [-0.05, 0) is 73.7 Å². The Kier molecular flexibility index (Phi) is 9.07. The standard InChI is InChI=1S/C10H12O2.C9H9IO2/c1-3-12-10(11)9-6-4-5-8(2)7-9;1-2-12-9(11)7-4-3-5-8(10)6-7/h4-7H,3H2,1-2H3;3-6H,2H2,1H3. The Morgan fingerprint density at radius 1 is 0.875 bits per heavy atom. The van der Waals surface area contributed by atoms with Crippen LogP contribution in [0.2, 0.25) is 0 Å². The number of carbonyl (C=O) groups excluding carboxylic acids is 2. The number of carbonyl (C=O) groups is 2. The summed E-state index contributed by atoms with van der Waals surface area (Å²) in [6.07, 6.45) is 0. The lowest BCUT2D eigenvalue weighted by Gasteiger charge is -2.01. The molecule has 0 bridgehead atoms. The first-order chi connectivity index (χ1) is 11.5. The van der Waals surface area contributed by atoms with E-state index in [-0.39, 0.29) is 11.9 Å². The number of esters is 2. The zero-order valence-electron chi connectivity index (χ0n) is 14.0. The zero-order valence-corrected chi connectivity index (χ0v) is 16.2. The Hall–Kier alpha value is -1.89. The van der Waals surface area contributed by atoms with E-state index in [0.717, 1.165) is 9.13 Å². The second-order valence-corrected chi connectivity index (χ2v) is 6.07. The lowest BCUT2D eigenvalue weighted by Crippen LogP contribution is -2.04. The van der Waals surface area contributed by atoms with Gasteiger partial charge in [0.2, 0.25) is 0 Å². The van der Waals surface area contributed by atoms with E-state index in [9.17, 15) is 9.59 Å². The summed E-state index contributed by atoms with van der Waals surface area (Å²) in [5, 5.41) is 0. The minimum Gasteiger partial charge on any atom is -0.462 e. The number of halogens is 1. The third kappa shape index (κ3) is 7.12. The normalized spacial score (nSPS) is 9.50. The van der Waals surface area contributed by atoms with Crippen molar-refractivity contribution in [1.29, 1.82) is 0 Å². The fourth-order valence-corrected chi connectivity index (χ4v) is 2.36. The number of rotatable bonds is 4. The number of aryl methyl sites for hydroxylation is 1. The van der Waals surface area contributed by atoms with Crippen molar-refractivity contribution < 1.29 is 19.1 Å². The minimum absolute atomic E-state index is 0.249. The second kappa shape index (κ2) is 10.8. The first kappa shape index (κ1) is 20.2. The first-order valence-electron chi connectivity index (χ1n) is 7.64. The van der Waals surface area contributed by atoms with Crippen molar-refractivity contribution in [2.75, 3.05) is 13.2 Å². The third-order valence-electron chi connectivity index (χ3n) is 2.86. The van der Waals surface area contributed by atoms with Crippen molar-refractivity contribution in [3.63, 3.8) is 0 Å². The summed E-state index contributed by atoms with van der Waals surface area (Å²) in [4.78, 5) is 22.3. The first-order valence-corrected chi connectivity index (χ1v) is 8.72. The van der Waals surface area contributed by atoms with Crippen LogP contribution in [0.3, 0.4) is 0 Å². The lowest BCUT2D eigenvalue weighted by molar-refractivity contribution is 0.0516. The van der Waals surface area contributed by atoms with Crippen molar-refractivity contribution >= 4 is 34.5 Å². The van der Waals surface area contributed by atoms with Crippen LogP contribution < -0.4 is 0 Å². The monoisotopic (exact) mass is 440 g/mol. The molecule has 0 saturated carbocycles. The molecule has 4 nitrogen and oxygen atoms in total. The molecule has 2 rings (SSSR count). The Morgan fingerprint density at radius 2 is 1.38 bits per heavy atom. The Bertz CT molecular complexity index is 623. The van der Waals surface area contributed by atoms with Gasteiger partial charge in [0.25, 0.3) is 0 Å². The van der Waals surface area contributed by atoms with Crippen LogP contribution in [0.25, 0.3) is 0 Å². The largest absolute Gasteiger partial charge is 0.462 e. The van der Waals surface area contributed by atoms with Gasteiger partial charge in [0.05, 0.1) is 24.3 Å². The van der Waals surface area contributed by atoms with Gasteiger partial charge in [0.15, 0.2) is 0 Å². The molecule has 2 aromatic carbocycles. The summed E-state index contributed by atoms with van der Waals surface area (Å²) < 4.78 is 10.7. The molecule has 5 heteroatoms. The molecule has 0 aliphatic carbocycles. The molecule has 0 saturated heterocycles. The summed E-state index contributed by atoms with van der Waals surface area (Å²) >= 11 is 2.16. The van der Waals surface area contributed by atoms with E-state index < -0.39 is 0 Å². The molecule has 0 aliphatic rings. The molecule has 24 heavy (non-hydrogen) atoms. The smallest absolute Gasteiger partial charge is 0.338 e. The van der Waals surface area contributed by atoms with E-state index in [0.29, 0.717) is 24.3 Å². The molecule has 0 amide bonds. The molecule has 0 aromatic heterocycles. The molecule has 0 atom stereocenters. The van der Waals surface area contributed by atoms with E-state index >= 15 is 0 Å². The maximum absolute atomic E-state index is 11.2. The van der Waals surface area contributed by atoms with Crippen LogP contribution in [0, 0.1) is 10.5 Å². The number of hydrogen-bond acceptors (Lipinski definition) is 4. The molecular formula is C19H21IO4. The van der Waals surface area contributed by atoms with Crippen molar-refractivity contribution in [2.24, 2.45) is 0 Å². The van der Waals surface area contributed by atoms with Crippen LogP contribution in [0.5, 0.6) is 0 Å². The Balaban J connectivity index is 0.000000240. The molecule has 0 aliphatic heterocycles. The van der Waals surface area contributed by atoms with E-state index in [4.69, 9.17) is 9.47 Å². The summed E-state index contributed by atoms with van der Waals surface area (Å²) in [6, 6.07) is 14.7. The molecule has 0 N–H and O–H groups in total. The minimum atomic E-state index is -0.254. The Morgan fingerprint density at radius 3 is 1.83 bits per heavy atom. The fourth-order valence-electron chi connectivity index (χ4n) is 1.82. The summed E-state index contributed by atoms with van der Waals surface area (Å²) in [5.74, 6) is -0.503. The van der Waals surface area contributed by atoms with Crippen LogP contribution in [0.4, 0.5) is 0 Å². The number of ether oxygens (including phenoxy) is 2. The lowest BCUT2D eigenvalue weighted by atomic mass is 10.1. The van der Waals surface area contributed by atoms with Gasteiger partial charge in [-0.15, -0.1) is 0 Å². The maximum Gasteiger partial charge on any atom is 0.338 e. The molecule has 0 fully saturated rings. The quantitative estimate of drug-likeness (QED) is 0.514. The average molecular weight is 440 g/mol. The van der Waals surface area contributed by atoms with Crippen molar-refractivity contribution in [1.82, 2.24) is 0 Å². The second-order valence-electron chi connectivity index (χ2n) is 4.82. The van der Waals surface area contributed by atoms with Crippen LogP contribution >= 0.6 is 22.6 Å². The SMILES string of the molecule is CCOC(=O)c1cccc(C)c1.CCOC(=O)c1cccc(I)c1.